The van der Waals surface area contributed by atoms with Crippen molar-refractivity contribution in [3.05, 3.63) is 59.2 Å². The van der Waals surface area contributed by atoms with Gasteiger partial charge in [0.25, 0.3) is 0 Å². The Labute approximate surface area is 128 Å². The zero-order valence-corrected chi connectivity index (χ0v) is 13.4. The molecule has 0 fully saturated rings. The molecule has 0 aliphatic rings. The van der Waals surface area contributed by atoms with Crippen LogP contribution in [0, 0.1) is 13.8 Å². The van der Waals surface area contributed by atoms with Gasteiger partial charge in [-0.15, -0.1) is 0 Å². The first kappa shape index (κ1) is 15.4. The van der Waals surface area contributed by atoms with E-state index in [0.717, 1.165) is 12.3 Å². The summed E-state index contributed by atoms with van der Waals surface area (Å²) in [6.07, 6.45) is 0. The van der Waals surface area contributed by atoms with Gasteiger partial charge in [0, 0.05) is 12.2 Å². The Morgan fingerprint density at radius 1 is 1.05 bits per heavy atom. The van der Waals surface area contributed by atoms with E-state index >= 15 is 0 Å². The molecule has 21 heavy (non-hydrogen) atoms. The monoisotopic (exact) mass is 283 g/mol. The number of aryl methyl sites for hydroxylation is 2. The molecule has 0 amide bonds. The molecule has 0 saturated carbocycles. The minimum absolute atomic E-state index is 0.480. The van der Waals surface area contributed by atoms with Crippen molar-refractivity contribution in [2.75, 3.05) is 18.5 Å². The molecule has 0 radical (unpaired) electrons. The van der Waals surface area contributed by atoms with E-state index < -0.39 is 0 Å². The molecule has 2 nitrogen and oxygen atoms in total. The van der Waals surface area contributed by atoms with Crippen LogP contribution in [0.1, 0.15) is 36.5 Å². The molecule has 0 aliphatic heterocycles. The molecular formula is C19H25NO. The largest absolute Gasteiger partial charge is 0.491 e. The van der Waals surface area contributed by atoms with Crippen LogP contribution < -0.4 is 10.1 Å². The number of ether oxygens (including phenoxy) is 1. The highest BCUT2D eigenvalue weighted by Crippen LogP contribution is 2.25. The van der Waals surface area contributed by atoms with Crippen molar-refractivity contribution >= 4 is 5.69 Å². The van der Waals surface area contributed by atoms with Crippen LogP contribution in [0.25, 0.3) is 0 Å². The van der Waals surface area contributed by atoms with E-state index in [0.29, 0.717) is 12.5 Å². The van der Waals surface area contributed by atoms with E-state index in [4.69, 9.17) is 4.74 Å². The van der Waals surface area contributed by atoms with Crippen molar-refractivity contribution in [1.29, 1.82) is 0 Å². The Hall–Kier alpha value is -1.96. The molecule has 0 saturated heterocycles. The summed E-state index contributed by atoms with van der Waals surface area (Å²) in [6, 6.07) is 14.7. The van der Waals surface area contributed by atoms with E-state index in [2.05, 4.69) is 63.3 Å². The molecule has 0 aliphatic carbocycles. The van der Waals surface area contributed by atoms with Gasteiger partial charge in [-0.1, -0.05) is 44.2 Å². The lowest BCUT2D eigenvalue weighted by molar-refractivity contribution is 0.328. The standard InChI is InChI=1S/C19H25NO/c1-14(2)17-7-5-6-8-19(17)21-12-11-20-18-13-15(3)9-10-16(18)4/h5-10,13-14,20H,11-12H2,1-4H3. The molecule has 0 spiro atoms. The number of para-hydroxylation sites is 1. The topological polar surface area (TPSA) is 21.3 Å². The summed E-state index contributed by atoms with van der Waals surface area (Å²) in [5.41, 5.74) is 5.00. The predicted octanol–water partition coefficient (Wildman–Crippen LogP) is 4.92. The van der Waals surface area contributed by atoms with Gasteiger partial charge in [-0.3, -0.25) is 0 Å². The molecule has 2 heteroatoms. The number of hydrogen-bond donors (Lipinski definition) is 1. The van der Waals surface area contributed by atoms with Gasteiger partial charge in [0.1, 0.15) is 12.4 Å². The van der Waals surface area contributed by atoms with Gasteiger partial charge < -0.3 is 10.1 Å². The van der Waals surface area contributed by atoms with E-state index in [-0.39, 0.29) is 0 Å². The lowest BCUT2D eigenvalue weighted by atomic mass is 10.0. The molecule has 0 aromatic heterocycles. The highest BCUT2D eigenvalue weighted by Gasteiger charge is 2.06. The highest BCUT2D eigenvalue weighted by molar-refractivity contribution is 5.52. The summed E-state index contributed by atoms with van der Waals surface area (Å²) < 4.78 is 5.93. The van der Waals surface area contributed by atoms with Crippen molar-refractivity contribution in [2.45, 2.75) is 33.6 Å². The SMILES string of the molecule is Cc1ccc(C)c(NCCOc2ccccc2C(C)C)c1. The maximum atomic E-state index is 5.93. The molecule has 1 N–H and O–H groups in total. The molecule has 0 heterocycles. The Morgan fingerprint density at radius 2 is 1.81 bits per heavy atom. The minimum Gasteiger partial charge on any atom is -0.491 e. The van der Waals surface area contributed by atoms with Crippen LogP contribution in [0.5, 0.6) is 5.75 Å². The quantitative estimate of drug-likeness (QED) is 0.760. The van der Waals surface area contributed by atoms with E-state index in [1.54, 1.807) is 0 Å². The van der Waals surface area contributed by atoms with Gasteiger partial charge in [0.2, 0.25) is 0 Å². The second kappa shape index (κ2) is 7.16. The maximum Gasteiger partial charge on any atom is 0.122 e. The van der Waals surface area contributed by atoms with Gasteiger partial charge in [0.15, 0.2) is 0 Å². The fraction of sp³-hybridized carbons (Fsp3) is 0.368. The van der Waals surface area contributed by atoms with Crippen molar-refractivity contribution in [2.24, 2.45) is 0 Å². The first-order valence-corrected chi connectivity index (χ1v) is 7.61. The fourth-order valence-electron chi connectivity index (χ4n) is 2.36. The van der Waals surface area contributed by atoms with Crippen LogP contribution in [-0.4, -0.2) is 13.2 Å². The van der Waals surface area contributed by atoms with E-state index in [1.807, 2.05) is 12.1 Å². The zero-order chi connectivity index (χ0) is 15.2. The summed E-state index contributed by atoms with van der Waals surface area (Å²) in [4.78, 5) is 0. The van der Waals surface area contributed by atoms with Crippen LogP contribution in [0.4, 0.5) is 5.69 Å². The molecule has 112 valence electrons. The second-order valence-electron chi connectivity index (χ2n) is 5.79. The maximum absolute atomic E-state index is 5.93. The third kappa shape index (κ3) is 4.25. The number of nitrogens with one attached hydrogen (secondary N) is 1. The van der Waals surface area contributed by atoms with Gasteiger partial charge in [-0.2, -0.15) is 0 Å². The Morgan fingerprint density at radius 3 is 2.57 bits per heavy atom. The third-order valence-corrected chi connectivity index (χ3v) is 3.61. The molecule has 2 aromatic rings. The first-order valence-electron chi connectivity index (χ1n) is 7.61. The molecule has 0 bridgehead atoms. The van der Waals surface area contributed by atoms with E-state index in [1.165, 1.54) is 22.4 Å². The average Bonchev–Trinajstić information content (AvgIpc) is 2.47. The smallest absolute Gasteiger partial charge is 0.122 e. The number of anilines is 1. The molecule has 2 aromatic carbocycles. The highest BCUT2D eigenvalue weighted by atomic mass is 16.5. The summed E-state index contributed by atoms with van der Waals surface area (Å²) >= 11 is 0. The summed E-state index contributed by atoms with van der Waals surface area (Å²) in [5.74, 6) is 1.48. The number of benzene rings is 2. The molecule has 0 unspecified atom stereocenters. The van der Waals surface area contributed by atoms with Crippen molar-refractivity contribution in [3.63, 3.8) is 0 Å². The summed E-state index contributed by atoms with van der Waals surface area (Å²) in [7, 11) is 0. The Balaban J connectivity index is 1.89. The first-order chi connectivity index (χ1) is 10.1. The minimum atomic E-state index is 0.480. The van der Waals surface area contributed by atoms with Crippen molar-refractivity contribution in [1.82, 2.24) is 0 Å². The van der Waals surface area contributed by atoms with Crippen LogP contribution in [-0.2, 0) is 0 Å². The van der Waals surface area contributed by atoms with Crippen molar-refractivity contribution < 1.29 is 4.74 Å². The Kier molecular flexibility index (Phi) is 5.26. The zero-order valence-electron chi connectivity index (χ0n) is 13.4. The normalized spacial score (nSPS) is 10.7. The van der Waals surface area contributed by atoms with Gasteiger partial charge in [0.05, 0.1) is 0 Å². The fourth-order valence-corrected chi connectivity index (χ4v) is 2.36. The number of rotatable bonds is 6. The van der Waals surface area contributed by atoms with Crippen LogP contribution in [0.15, 0.2) is 42.5 Å². The van der Waals surface area contributed by atoms with Gasteiger partial charge in [-0.25, -0.2) is 0 Å². The van der Waals surface area contributed by atoms with Crippen LogP contribution in [0.3, 0.4) is 0 Å². The van der Waals surface area contributed by atoms with E-state index in [9.17, 15) is 0 Å². The number of hydrogen-bond acceptors (Lipinski definition) is 2. The summed E-state index contributed by atoms with van der Waals surface area (Å²) in [5, 5.41) is 3.45. The van der Waals surface area contributed by atoms with Crippen molar-refractivity contribution in [3.8, 4) is 5.75 Å². The molecule has 0 atom stereocenters. The lowest BCUT2D eigenvalue weighted by Crippen LogP contribution is -2.13. The third-order valence-electron chi connectivity index (χ3n) is 3.61. The lowest BCUT2D eigenvalue weighted by Gasteiger charge is -2.15. The predicted molar refractivity (Wildman–Crippen MR) is 90.4 cm³/mol. The van der Waals surface area contributed by atoms with Crippen LogP contribution >= 0.6 is 0 Å². The van der Waals surface area contributed by atoms with Gasteiger partial charge in [-0.05, 0) is 48.6 Å². The average molecular weight is 283 g/mol. The Bertz CT molecular complexity index is 590. The van der Waals surface area contributed by atoms with Crippen LogP contribution in [0.2, 0.25) is 0 Å². The molecule has 2 rings (SSSR count). The summed E-state index contributed by atoms with van der Waals surface area (Å²) in [6.45, 7) is 10.1. The second-order valence-corrected chi connectivity index (χ2v) is 5.79. The molecular weight excluding hydrogens is 258 g/mol. The van der Waals surface area contributed by atoms with Gasteiger partial charge >= 0.3 is 0 Å².